The molecule has 1 saturated heterocycles. The maximum absolute atomic E-state index is 11.7. The van der Waals surface area contributed by atoms with Crippen molar-refractivity contribution in [1.82, 2.24) is 9.80 Å². The maximum atomic E-state index is 11.7. The number of hydrogen-bond donors (Lipinski definition) is 0. The number of carbonyl (C=O) groups is 1. The van der Waals surface area contributed by atoms with Crippen LogP contribution in [0.4, 0.5) is 0 Å². The Hall–Kier alpha value is -0.410. The van der Waals surface area contributed by atoms with Crippen LogP contribution in [0.2, 0.25) is 0 Å². The van der Waals surface area contributed by atoms with Crippen molar-refractivity contribution in [2.45, 2.75) is 19.3 Å². The standard InChI is InChI=1S/C11H20N2O/c1-12-5-7-13(8-6-12)9-11(14)10-3-2-4-10/h10H,2-9H2,1H3. The largest absolute Gasteiger partial charge is 0.304 e. The molecule has 0 spiro atoms. The zero-order valence-electron chi connectivity index (χ0n) is 9.04. The Balaban J connectivity index is 1.71. The second kappa shape index (κ2) is 4.41. The molecule has 2 aliphatic rings. The van der Waals surface area contributed by atoms with Gasteiger partial charge in [-0.05, 0) is 19.9 Å². The van der Waals surface area contributed by atoms with Crippen LogP contribution in [0.1, 0.15) is 19.3 Å². The molecule has 0 aromatic carbocycles. The van der Waals surface area contributed by atoms with E-state index in [9.17, 15) is 4.79 Å². The van der Waals surface area contributed by atoms with Gasteiger partial charge in [0.15, 0.2) is 0 Å². The molecular formula is C11H20N2O. The molecule has 0 N–H and O–H groups in total. The Morgan fingerprint density at radius 2 is 1.86 bits per heavy atom. The van der Waals surface area contributed by atoms with E-state index in [2.05, 4.69) is 16.8 Å². The summed E-state index contributed by atoms with van der Waals surface area (Å²) in [5.41, 5.74) is 0. The van der Waals surface area contributed by atoms with Gasteiger partial charge < -0.3 is 4.90 Å². The second-order valence-corrected chi connectivity index (χ2v) is 4.67. The van der Waals surface area contributed by atoms with Gasteiger partial charge in [0, 0.05) is 32.1 Å². The third-order valence-corrected chi connectivity index (χ3v) is 3.54. The van der Waals surface area contributed by atoms with Crippen molar-refractivity contribution in [3.05, 3.63) is 0 Å². The lowest BCUT2D eigenvalue weighted by molar-refractivity contribution is -0.126. The Morgan fingerprint density at radius 1 is 1.21 bits per heavy atom. The molecule has 14 heavy (non-hydrogen) atoms. The first-order valence-corrected chi connectivity index (χ1v) is 5.69. The summed E-state index contributed by atoms with van der Waals surface area (Å²) >= 11 is 0. The third-order valence-electron chi connectivity index (χ3n) is 3.54. The molecule has 0 amide bonds. The molecule has 0 atom stereocenters. The highest BCUT2D eigenvalue weighted by Gasteiger charge is 2.27. The molecule has 0 radical (unpaired) electrons. The van der Waals surface area contributed by atoms with E-state index in [4.69, 9.17) is 0 Å². The van der Waals surface area contributed by atoms with E-state index in [-0.39, 0.29) is 0 Å². The average Bonchev–Trinajstić information content (AvgIpc) is 2.06. The van der Waals surface area contributed by atoms with Gasteiger partial charge >= 0.3 is 0 Å². The number of hydrogen-bond acceptors (Lipinski definition) is 3. The van der Waals surface area contributed by atoms with Crippen molar-refractivity contribution in [1.29, 1.82) is 0 Å². The van der Waals surface area contributed by atoms with Crippen LogP contribution in [0.5, 0.6) is 0 Å². The highest BCUT2D eigenvalue weighted by Crippen LogP contribution is 2.27. The van der Waals surface area contributed by atoms with Crippen LogP contribution in [-0.4, -0.2) is 55.4 Å². The highest BCUT2D eigenvalue weighted by molar-refractivity contribution is 5.83. The molecule has 80 valence electrons. The SMILES string of the molecule is CN1CCN(CC(=O)C2CCC2)CC1. The van der Waals surface area contributed by atoms with Crippen LogP contribution in [0.25, 0.3) is 0 Å². The molecule has 0 aromatic heterocycles. The molecule has 2 rings (SSSR count). The minimum atomic E-state index is 0.412. The summed E-state index contributed by atoms with van der Waals surface area (Å²) in [7, 11) is 2.14. The molecule has 0 aromatic rings. The Morgan fingerprint density at radius 3 is 2.36 bits per heavy atom. The smallest absolute Gasteiger partial charge is 0.149 e. The van der Waals surface area contributed by atoms with E-state index >= 15 is 0 Å². The second-order valence-electron chi connectivity index (χ2n) is 4.67. The van der Waals surface area contributed by atoms with E-state index in [0.717, 1.165) is 39.0 Å². The summed E-state index contributed by atoms with van der Waals surface area (Å²) in [6.45, 7) is 5.05. The van der Waals surface area contributed by atoms with Gasteiger partial charge in [-0.15, -0.1) is 0 Å². The first kappa shape index (κ1) is 10.1. The molecular weight excluding hydrogens is 176 g/mol. The topological polar surface area (TPSA) is 23.6 Å². The normalized spacial score (nSPS) is 26.1. The van der Waals surface area contributed by atoms with Crippen molar-refractivity contribution < 1.29 is 4.79 Å². The fraction of sp³-hybridized carbons (Fsp3) is 0.909. The predicted molar refractivity (Wildman–Crippen MR) is 56.3 cm³/mol. The maximum Gasteiger partial charge on any atom is 0.149 e. The van der Waals surface area contributed by atoms with E-state index < -0.39 is 0 Å². The minimum absolute atomic E-state index is 0.412. The summed E-state index contributed by atoms with van der Waals surface area (Å²) in [4.78, 5) is 16.3. The van der Waals surface area contributed by atoms with Gasteiger partial charge in [0.2, 0.25) is 0 Å². The van der Waals surface area contributed by atoms with Crippen LogP contribution in [0.15, 0.2) is 0 Å². The molecule has 1 saturated carbocycles. The monoisotopic (exact) mass is 196 g/mol. The molecule has 0 unspecified atom stereocenters. The molecule has 1 heterocycles. The number of piperazine rings is 1. The Labute approximate surface area is 86.1 Å². The van der Waals surface area contributed by atoms with Crippen LogP contribution in [-0.2, 0) is 4.79 Å². The third kappa shape index (κ3) is 2.34. The highest BCUT2D eigenvalue weighted by atomic mass is 16.1. The summed E-state index contributed by atoms with van der Waals surface area (Å²) in [6, 6.07) is 0. The average molecular weight is 196 g/mol. The summed E-state index contributed by atoms with van der Waals surface area (Å²) < 4.78 is 0. The van der Waals surface area contributed by atoms with Gasteiger partial charge in [-0.25, -0.2) is 0 Å². The quantitative estimate of drug-likeness (QED) is 0.660. The number of Topliss-reactive ketones (excluding diaryl/α,β-unsaturated/α-hetero) is 1. The number of nitrogens with zero attached hydrogens (tertiary/aromatic N) is 2. The lowest BCUT2D eigenvalue weighted by atomic mass is 9.82. The summed E-state index contributed by atoms with van der Waals surface area (Å²) in [6.07, 6.45) is 3.55. The zero-order valence-corrected chi connectivity index (χ0v) is 9.04. The Bertz CT molecular complexity index is 205. The zero-order chi connectivity index (χ0) is 9.97. The fourth-order valence-electron chi connectivity index (χ4n) is 2.09. The van der Waals surface area contributed by atoms with Crippen LogP contribution in [0, 0.1) is 5.92 Å². The van der Waals surface area contributed by atoms with Gasteiger partial charge in [-0.2, -0.15) is 0 Å². The van der Waals surface area contributed by atoms with Crippen molar-refractivity contribution in [2.75, 3.05) is 39.8 Å². The van der Waals surface area contributed by atoms with Crippen molar-refractivity contribution in [3.8, 4) is 0 Å². The van der Waals surface area contributed by atoms with Gasteiger partial charge in [-0.3, -0.25) is 9.69 Å². The first-order valence-electron chi connectivity index (χ1n) is 5.69. The molecule has 2 fully saturated rings. The summed E-state index contributed by atoms with van der Waals surface area (Å²) in [5.74, 6) is 0.899. The van der Waals surface area contributed by atoms with Crippen molar-refractivity contribution in [3.63, 3.8) is 0 Å². The molecule has 1 aliphatic heterocycles. The lowest BCUT2D eigenvalue weighted by Gasteiger charge is -2.33. The molecule has 1 aliphatic carbocycles. The van der Waals surface area contributed by atoms with Gasteiger partial charge in [-0.1, -0.05) is 6.42 Å². The first-order chi connectivity index (χ1) is 6.75. The Kier molecular flexibility index (Phi) is 3.19. The van der Waals surface area contributed by atoms with E-state index in [1.165, 1.54) is 6.42 Å². The predicted octanol–water partition coefficient (Wildman–Crippen LogP) is 0.603. The number of rotatable bonds is 3. The molecule has 0 bridgehead atoms. The van der Waals surface area contributed by atoms with E-state index in [0.29, 0.717) is 18.2 Å². The van der Waals surface area contributed by atoms with Crippen LogP contribution >= 0.6 is 0 Å². The lowest BCUT2D eigenvalue weighted by Crippen LogP contribution is -2.47. The number of carbonyl (C=O) groups excluding carboxylic acids is 1. The van der Waals surface area contributed by atoms with E-state index in [1.54, 1.807) is 0 Å². The van der Waals surface area contributed by atoms with Gasteiger partial charge in [0.1, 0.15) is 5.78 Å². The van der Waals surface area contributed by atoms with Crippen LogP contribution in [0.3, 0.4) is 0 Å². The molecule has 3 nitrogen and oxygen atoms in total. The van der Waals surface area contributed by atoms with Crippen molar-refractivity contribution >= 4 is 5.78 Å². The van der Waals surface area contributed by atoms with Gasteiger partial charge in [0.05, 0.1) is 6.54 Å². The van der Waals surface area contributed by atoms with Crippen molar-refractivity contribution in [2.24, 2.45) is 5.92 Å². The number of likely N-dealkylation sites (N-methyl/N-ethyl adjacent to an activating group) is 1. The number of ketones is 1. The molecule has 3 heteroatoms. The fourth-order valence-corrected chi connectivity index (χ4v) is 2.09. The van der Waals surface area contributed by atoms with Gasteiger partial charge in [0.25, 0.3) is 0 Å². The van der Waals surface area contributed by atoms with E-state index in [1.807, 2.05) is 0 Å². The summed E-state index contributed by atoms with van der Waals surface area (Å²) in [5, 5.41) is 0. The minimum Gasteiger partial charge on any atom is -0.304 e. The van der Waals surface area contributed by atoms with Crippen LogP contribution < -0.4 is 0 Å².